The van der Waals surface area contributed by atoms with E-state index in [4.69, 9.17) is 10.5 Å². The second kappa shape index (κ2) is 7.25. The summed E-state index contributed by atoms with van der Waals surface area (Å²) in [5, 5.41) is 3.05. The van der Waals surface area contributed by atoms with Crippen LogP contribution in [0.1, 0.15) is 58.3 Å². The molecule has 0 aromatic rings. The van der Waals surface area contributed by atoms with Gasteiger partial charge in [0, 0.05) is 19.1 Å². The molecule has 0 saturated heterocycles. The molecule has 0 radical (unpaired) electrons. The van der Waals surface area contributed by atoms with Crippen LogP contribution in [0.5, 0.6) is 0 Å². The lowest BCUT2D eigenvalue weighted by Gasteiger charge is -2.42. The molecule has 19 heavy (non-hydrogen) atoms. The Bertz CT molecular complexity index is 288. The monoisotopic (exact) mass is 268 g/mol. The van der Waals surface area contributed by atoms with Gasteiger partial charge in [-0.05, 0) is 25.7 Å². The molecule has 2 aliphatic carbocycles. The van der Waals surface area contributed by atoms with Gasteiger partial charge in [0.15, 0.2) is 0 Å². The van der Waals surface area contributed by atoms with Gasteiger partial charge in [-0.15, -0.1) is 0 Å². The number of nitrogens with one attached hydrogen (secondary N) is 1. The summed E-state index contributed by atoms with van der Waals surface area (Å²) >= 11 is 0. The van der Waals surface area contributed by atoms with Crippen LogP contribution in [0.2, 0.25) is 0 Å². The summed E-state index contributed by atoms with van der Waals surface area (Å²) in [6.45, 7) is 2.66. The maximum Gasteiger partial charge on any atom is 0.220 e. The number of amides is 1. The normalized spacial score (nSPS) is 31.8. The Kier molecular flexibility index (Phi) is 5.64. The van der Waals surface area contributed by atoms with E-state index in [-0.39, 0.29) is 24.1 Å². The quantitative estimate of drug-likeness (QED) is 0.774. The molecule has 2 rings (SSSR count). The molecule has 3 atom stereocenters. The van der Waals surface area contributed by atoms with E-state index in [1.165, 1.54) is 32.1 Å². The van der Waals surface area contributed by atoms with E-state index >= 15 is 0 Å². The molecule has 4 nitrogen and oxygen atoms in total. The van der Waals surface area contributed by atoms with Gasteiger partial charge >= 0.3 is 0 Å². The van der Waals surface area contributed by atoms with E-state index in [0.717, 1.165) is 18.8 Å². The first-order valence-corrected chi connectivity index (χ1v) is 7.87. The third kappa shape index (κ3) is 4.18. The summed E-state index contributed by atoms with van der Waals surface area (Å²) < 4.78 is 5.56. The van der Waals surface area contributed by atoms with Crippen molar-refractivity contribution < 1.29 is 9.53 Å². The van der Waals surface area contributed by atoms with E-state index in [1.807, 2.05) is 6.92 Å². The molecular formula is C15H28N2O2. The topological polar surface area (TPSA) is 64.3 Å². The summed E-state index contributed by atoms with van der Waals surface area (Å²) in [7, 11) is 0. The maximum atomic E-state index is 12.0. The molecule has 4 heteroatoms. The molecule has 2 saturated carbocycles. The zero-order chi connectivity index (χ0) is 13.7. The average molecular weight is 268 g/mol. The van der Waals surface area contributed by atoms with E-state index in [1.54, 1.807) is 0 Å². The number of hydrogen-bond acceptors (Lipinski definition) is 3. The third-order valence-electron chi connectivity index (χ3n) is 4.58. The first kappa shape index (κ1) is 14.8. The Morgan fingerprint density at radius 1 is 1.32 bits per heavy atom. The summed E-state index contributed by atoms with van der Waals surface area (Å²) in [5.41, 5.74) is 5.94. The minimum atomic E-state index is 0.0267. The standard InChI is InChI=1S/C15H28N2O2/c1-2-19-13-10-12(16)15(13)17-14(18)9-8-11-6-4-3-5-7-11/h11-13,15H,2-10,16H2,1H3,(H,17,18). The largest absolute Gasteiger partial charge is 0.376 e. The molecule has 0 heterocycles. The Hall–Kier alpha value is -0.610. The highest BCUT2D eigenvalue weighted by molar-refractivity contribution is 5.76. The molecule has 2 fully saturated rings. The first-order chi connectivity index (χ1) is 9.20. The molecule has 3 N–H and O–H groups in total. The van der Waals surface area contributed by atoms with Crippen molar-refractivity contribution in [2.24, 2.45) is 11.7 Å². The minimum Gasteiger partial charge on any atom is -0.376 e. The SMILES string of the molecule is CCOC1CC(N)C1NC(=O)CCC1CCCCC1. The zero-order valence-corrected chi connectivity index (χ0v) is 12.1. The molecular weight excluding hydrogens is 240 g/mol. The van der Waals surface area contributed by atoms with Gasteiger partial charge in [0.05, 0.1) is 12.1 Å². The lowest BCUT2D eigenvalue weighted by Crippen LogP contribution is -2.64. The van der Waals surface area contributed by atoms with Gasteiger partial charge in [0.1, 0.15) is 0 Å². The van der Waals surface area contributed by atoms with Gasteiger partial charge in [0.2, 0.25) is 5.91 Å². The summed E-state index contributed by atoms with van der Waals surface area (Å²) in [5.74, 6) is 0.910. The van der Waals surface area contributed by atoms with Crippen molar-refractivity contribution >= 4 is 5.91 Å². The molecule has 0 aromatic heterocycles. The third-order valence-corrected chi connectivity index (χ3v) is 4.58. The van der Waals surface area contributed by atoms with Gasteiger partial charge in [-0.3, -0.25) is 4.79 Å². The van der Waals surface area contributed by atoms with Gasteiger partial charge in [-0.1, -0.05) is 32.1 Å². The van der Waals surface area contributed by atoms with Crippen molar-refractivity contribution in [2.75, 3.05) is 6.61 Å². The Balaban J connectivity index is 1.65. The van der Waals surface area contributed by atoms with Crippen LogP contribution in [-0.2, 0) is 9.53 Å². The van der Waals surface area contributed by atoms with Crippen LogP contribution >= 0.6 is 0 Å². The predicted octanol–water partition coefficient (Wildman–Crippen LogP) is 1.97. The van der Waals surface area contributed by atoms with Gasteiger partial charge in [-0.2, -0.15) is 0 Å². The molecule has 0 aliphatic heterocycles. The molecule has 2 aliphatic rings. The van der Waals surface area contributed by atoms with Crippen LogP contribution in [0.25, 0.3) is 0 Å². The summed E-state index contributed by atoms with van der Waals surface area (Å²) in [4.78, 5) is 12.0. The minimum absolute atomic E-state index is 0.0267. The average Bonchev–Trinajstić information content (AvgIpc) is 2.43. The highest BCUT2D eigenvalue weighted by atomic mass is 16.5. The highest BCUT2D eigenvalue weighted by Crippen LogP contribution is 2.27. The van der Waals surface area contributed by atoms with E-state index in [0.29, 0.717) is 13.0 Å². The predicted molar refractivity (Wildman–Crippen MR) is 75.7 cm³/mol. The van der Waals surface area contributed by atoms with Gasteiger partial charge in [0.25, 0.3) is 0 Å². The molecule has 1 amide bonds. The highest BCUT2D eigenvalue weighted by Gasteiger charge is 2.40. The Labute approximate surface area is 116 Å². The van der Waals surface area contributed by atoms with Crippen LogP contribution in [-0.4, -0.2) is 30.7 Å². The first-order valence-electron chi connectivity index (χ1n) is 7.87. The fourth-order valence-electron chi connectivity index (χ4n) is 3.30. The second-order valence-corrected chi connectivity index (χ2v) is 6.03. The lowest BCUT2D eigenvalue weighted by molar-refractivity contribution is -0.126. The van der Waals surface area contributed by atoms with Crippen molar-refractivity contribution in [3.05, 3.63) is 0 Å². The van der Waals surface area contributed by atoms with E-state index in [9.17, 15) is 4.79 Å². The van der Waals surface area contributed by atoms with Gasteiger partial charge in [-0.25, -0.2) is 0 Å². The fraction of sp³-hybridized carbons (Fsp3) is 0.933. The molecule has 110 valence electrons. The number of rotatable bonds is 6. The number of carbonyl (C=O) groups is 1. The Morgan fingerprint density at radius 2 is 2.05 bits per heavy atom. The zero-order valence-electron chi connectivity index (χ0n) is 12.1. The second-order valence-electron chi connectivity index (χ2n) is 6.03. The van der Waals surface area contributed by atoms with Crippen LogP contribution in [0.15, 0.2) is 0 Å². The fourth-order valence-corrected chi connectivity index (χ4v) is 3.30. The number of nitrogens with two attached hydrogens (primary N) is 1. The van der Waals surface area contributed by atoms with Crippen molar-refractivity contribution in [1.29, 1.82) is 0 Å². The number of ether oxygens (including phenoxy) is 1. The van der Waals surface area contributed by atoms with Crippen molar-refractivity contribution in [3.8, 4) is 0 Å². The van der Waals surface area contributed by atoms with Crippen molar-refractivity contribution in [3.63, 3.8) is 0 Å². The van der Waals surface area contributed by atoms with E-state index < -0.39 is 0 Å². The van der Waals surface area contributed by atoms with E-state index in [2.05, 4.69) is 5.32 Å². The summed E-state index contributed by atoms with van der Waals surface area (Å²) in [6, 6.07) is 0.0917. The van der Waals surface area contributed by atoms with Crippen LogP contribution < -0.4 is 11.1 Å². The molecule has 0 bridgehead atoms. The smallest absolute Gasteiger partial charge is 0.220 e. The Morgan fingerprint density at radius 3 is 2.68 bits per heavy atom. The van der Waals surface area contributed by atoms with Crippen molar-refractivity contribution in [1.82, 2.24) is 5.32 Å². The lowest BCUT2D eigenvalue weighted by atomic mass is 9.83. The van der Waals surface area contributed by atoms with Crippen LogP contribution in [0.4, 0.5) is 0 Å². The van der Waals surface area contributed by atoms with Crippen LogP contribution in [0.3, 0.4) is 0 Å². The van der Waals surface area contributed by atoms with Crippen molar-refractivity contribution in [2.45, 2.75) is 76.5 Å². The van der Waals surface area contributed by atoms with Crippen LogP contribution in [0, 0.1) is 5.92 Å². The number of carbonyl (C=O) groups excluding carboxylic acids is 1. The number of hydrogen-bond donors (Lipinski definition) is 2. The molecule has 3 unspecified atom stereocenters. The molecule has 0 aromatic carbocycles. The van der Waals surface area contributed by atoms with Gasteiger partial charge < -0.3 is 15.8 Å². The maximum absolute atomic E-state index is 12.0. The molecule has 0 spiro atoms. The summed E-state index contributed by atoms with van der Waals surface area (Å²) in [6.07, 6.45) is 9.32.